The van der Waals surface area contributed by atoms with E-state index in [0.717, 1.165) is 18.4 Å². The molecule has 0 aromatic heterocycles. The molecular weight excluding hydrogens is 338 g/mol. The number of carbonyl (C=O) groups is 2. The standard InChI is InChI=1S/C19H27NO6/c1-24-15-10-14(11-16(25-2)19(15)26-3)4-5-17(21)20-8-6-13(7-9-20)12-18(22)23/h10-11,13H,4-9,12H2,1-3H3,(H,22,23). The van der Waals surface area contributed by atoms with Gasteiger partial charge in [0, 0.05) is 25.9 Å². The Labute approximate surface area is 153 Å². The minimum atomic E-state index is -0.767. The molecule has 7 nitrogen and oxygen atoms in total. The Morgan fingerprint density at radius 1 is 1.08 bits per heavy atom. The number of carbonyl (C=O) groups excluding carboxylic acids is 1. The molecule has 0 radical (unpaired) electrons. The summed E-state index contributed by atoms with van der Waals surface area (Å²) in [6.07, 6.45) is 2.66. The third-order valence-electron chi connectivity index (χ3n) is 4.78. The van der Waals surface area contributed by atoms with Crippen LogP contribution in [0.2, 0.25) is 0 Å². The summed E-state index contributed by atoms with van der Waals surface area (Å²) < 4.78 is 16.0. The van der Waals surface area contributed by atoms with Gasteiger partial charge in [0.2, 0.25) is 11.7 Å². The third kappa shape index (κ3) is 5.03. The van der Waals surface area contributed by atoms with Crippen molar-refractivity contribution in [1.82, 2.24) is 4.90 Å². The first-order valence-corrected chi connectivity index (χ1v) is 8.77. The van der Waals surface area contributed by atoms with Crippen molar-refractivity contribution in [3.05, 3.63) is 17.7 Å². The van der Waals surface area contributed by atoms with E-state index in [1.54, 1.807) is 21.3 Å². The molecule has 1 amide bonds. The number of ether oxygens (including phenoxy) is 3. The maximum Gasteiger partial charge on any atom is 0.303 e. The highest BCUT2D eigenvalue weighted by Crippen LogP contribution is 2.38. The molecule has 1 aliphatic heterocycles. The summed E-state index contributed by atoms with van der Waals surface area (Å²) in [6.45, 7) is 1.26. The highest BCUT2D eigenvalue weighted by atomic mass is 16.5. The maximum absolute atomic E-state index is 12.5. The zero-order valence-corrected chi connectivity index (χ0v) is 15.6. The molecule has 144 valence electrons. The van der Waals surface area contributed by atoms with Crippen LogP contribution in [0.15, 0.2) is 12.1 Å². The molecule has 7 heteroatoms. The number of likely N-dealkylation sites (tertiary alicyclic amines) is 1. The highest BCUT2D eigenvalue weighted by molar-refractivity contribution is 5.76. The molecule has 1 aromatic carbocycles. The van der Waals surface area contributed by atoms with E-state index in [1.165, 1.54) is 0 Å². The van der Waals surface area contributed by atoms with Crippen molar-refractivity contribution in [2.75, 3.05) is 34.4 Å². The van der Waals surface area contributed by atoms with Crippen molar-refractivity contribution in [2.24, 2.45) is 5.92 Å². The fourth-order valence-corrected chi connectivity index (χ4v) is 3.32. The fourth-order valence-electron chi connectivity index (χ4n) is 3.32. The Hall–Kier alpha value is -2.44. The number of aryl methyl sites for hydroxylation is 1. The zero-order chi connectivity index (χ0) is 19.1. The van der Waals surface area contributed by atoms with Crippen LogP contribution in [-0.2, 0) is 16.0 Å². The molecule has 1 aliphatic rings. The van der Waals surface area contributed by atoms with Gasteiger partial charge in [0.05, 0.1) is 21.3 Å². The molecule has 0 saturated carbocycles. The molecule has 0 unspecified atom stereocenters. The Kier molecular flexibility index (Phi) is 7.12. The number of piperidine rings is 1. The van der Waals surface area contributed by atoms with Gasteiger partial charge in [0.1, 0.15) is 0 Å². The first kappa shape index (κ1) is 19.9. The SMILES string of the molecule is COc1cc(CCC(=O)N2CCC(CC(=O)O)CC2)cc(OC)c1OC. The number of methoxy groups -OCH3 is 3. The van der Waals surface area contributed by atoms with Crippen LogP contribution in [0.3, 0.4) is 0 Å². The summed E-state index contributed by atoms with van der Waals surface area (Å²) in [5, 5.41) is 8.86. The Morgan fingerprint density at radius 2 is 1.65 bits per heavy atom. The van der Waals surface area contributed by atoms with Gasteiger partial charge in [-0.3, -0.25) is 9.59 Å². The average molecular weight is 365 g/mol. The lowest BCUT2D eigenvalue weighted by Crippen LogP contribution is -2.39. The quantitative estimate of drug-likeness (QED) is 0.761. The predicted molar refractivity (Wildman–Crippen MR) is 96.0 cm³/mol. The zero-order valence-electron chi connectivity index (χ0n) is 15.6. The third-order valence-corrected chi connectivity index (χ3v) is 4.78. The number of carboxylic acid groups (broad SMARTS) is 1. The van der Waals surface area contributed by atoms with Gasteiger partial charge in [-0.05, 0) is 42.9 Å². The smallest absolute Gasteiger partial charge is 0.303 e. The van der Waals surface area contributed by atoms with Crippen LogP contribution in [0.1, 0.15) is 31.2 Å². The molecule has 1 heterocycles. The molecule has 0 atom stereocenters. The van der Waals surface area contributed by atoms with Gasteiger partial charge in [-0.15, -0.1) is 0 Å². The summed E-state index contributed by atoms with van der Waals surface area (Å²) in [6, 6.07) is 3.71. The van der Waals surface area contributed by atoms with Crippen LogP contribution in [0.4, 0.5) is 0 Å². The van der Waals surface area contributed by atoms with E-state index in [2.05, 4.69) is 0 Å². The van der Waals surface area contributed by atoms with Crippen LogP contribution in [0.25, 0.3) is 0 Å². The summed E-state index contributed by atoms with van der Waals surface area (Å²) in [4.78, 5) is 25.1. The number of benzene rings is 1. The molecule has 1 N–H and O–H groups in total. The number of hydrogen-bond donors (Lipinski definition) is 1. The van der Waals surface area contributed by atoms with E-state index < -0.39 is 5.97 Å². The Bertz CT molecular complexity index is 612. The fraction of sp³-hybridized carbons (Fsp3) is 0.579. The molecule has 1 fully saturated rings. The van der Waals surface area contributed by atoms with E-state index in [4.69, 9.17) is 19.3 Å². The second-order valence-electron chi connectivity index (χ2n) is 6.46. The summed E-state index contributed by atoms with van der Waals surface area (Å²) in [5.74, 6) is 1.18. The second kappa shape index (κ2) is 9.31. The minimum absolute atomic E-state index is 0.0903. The largest absolute Gasteiger partial charge is 0.493 e. The van der Waals surface area contributed by atoms with Crippen LogP contribution in [0, 0.1) is 5.92 Å². The molecule has 2 rings (SSSR count). The van der Waals surface area contributed by atoms with Gasteiger partial charge >= 0.3 is 5.97 Å². The lowest BCUT2D eigenvalue weighted by atomic mass is 9.93. The van der Waals surface area contributed by atoms with E-state index in [-0.39, 0.29) is 18.2 Å². The predicted octanol–water partition coefficient (Wildman–Crippen LogP) is 2.36. The van der Waals surface area contributed by atoms with Gasteiger partial charge in [-0.1, -0.05) is 0 Å². The molecule has 1 aromatic rings. The average Bonchev–Trinajstić information content (AvgIpc) is 2.65. The minimum Gasteiger partial charge on any atom is -0.493 e. The Morgan fingerprint density at radius 3 is 2.12 bits per heavy atom. The van der Waals surface area contributed by atoms with E-state index in [9.17, 15) is 9.59 Å². The van der Waals surface area contributed by atoms with Gasteiger partial charge in [-0.2, -0.15) is 0 Å². The van der Waals surface area contributed by atoms with Gasteiger partial charge < -0.3 is 24.2 Å². The van der Waals surface area contributed by atoms with Crippen LogP contribution in [0.5, 0.6) is 17.2 Å². The van der Waals surface area contributed by atoms with Crippen molar-refractivity contribution in [2.45, 2.75) is 32.1 Å². The van der Waals surface area contributed by atoms with Crippen molar-refractivity contribution < 1.29 is 28.9 Å². The second-order valence-corrected chi connectivity index (χ2v) is 6.46. The number of hydrogen-bond acceptors (Lipinski definition) is 5. The van der Waals surface area contributed by atoms with Crippen molar-refractivity contribution >= 4 is 11.9 Å². The normalized spacial score (nSPS) is 14.8. The first-order valence-electron chi connectivity index (χ1n) is 8.77. The molecular formula is C19H27NO6. The summed E-state index contributed by atoms with van der Waals surface area (Å²) in [5.41, 5.74) is 0.939. The number of aliphatic carboxylic acids is 1. The molecule has 26 heavy (non-hydrogen) atoms. The molecule has 1 saturated heterocycles. The van der Waals surface area contributed by atoms with E-state index in [1.807, 2.05) is 17.0 Å². The lowest BCUT2D eigenvalue weighted by molar-refractivity contribution is -0.138. The van der Waals surface area contributed by atoms with Crippen molar-refractivity contribution in [3.63, 3.8) is 0 Å². The summed E-state index contributed by atoms with van der Waals surface area (Å²) in [7, 11) is 4.68. The Balaban J connectivity index is 1.92. The molecule has 0 aliphatic carbocycles. The number of carboxylic acids is 1. The van der Waals surface area contributed by atoms with E-state index >= 15 is 0 Å². The van der Waals surface area contributed by atoms with Crippen LogP contribution >= 0.6 is 0 Å². The summed E-state index contributed by atoms with van der Waals surface area (Å²) >= 11 is 0. The van der Waals surface area contributed by atoms with Crippen LogP contribution < -0.4 is 14.2 Å². The van der Waals surface area contributed by atoms with Crippen molar-refractivity contribution in [1.29, 1.82) is 0 Å². The van der Waals surface area contributed by atoms with E-state index in [0.29, 0.717) is 43.2 Å². The monoisotopic (exact) mass is 365 g/mol. The lowest BCUT2D eigenvalue weighted by Gasteiger charge is -2.31. The number of nitrogens with zero attached hydrogens (tertiary/aromatic N) is 1. The van der Waals surface area contributed by atoms with Gasteiger partial charge in [-0.25, -0.2) is 0 Å². The van der Waals surface area contributed by atoms with Crippen molar-refractivity contribution in [3.8, 4) is 17.2 Å². The van der Waals surface area contributed by atoms with Gasteiger partial charge in [0.15, 0.2) is 11.5 Å². The maximum atomic E-state index is 12.5. The molecule has 0 spiro atoms. The van der Waals surface area contributed by atoms with Crippen LogP contribution in [-0.4, -0.2) is 56.3 Å². The highest BCUT2D eigenvalue weighted by Gasteiger charge is 2.24. The number of amides is 1. The number of rotatable bonds is 8. The van der Waals surface area contributed by atoms with Gasteiger partial charge in [0.25, 0.3) is 0 Å². The topological polar surface area (TPSA) is 85.3 Å². The molecule has 0 bridgehead atoms. The first-order chi connectivity index (χ1) is 12.5.